The summed E-state index contributed by atoms with van der Waals surface area (Å²) in [6, 6.07) is -0.625. The molecule has 0 saturated carbocycles. The molecule has 1 N–H and O–H groups in total. The van der Waals surface area contributed by atoms with E-state index in [2.05, 4.69) is 27.5 Å². The first-order chi connectivity index (χ1) is 12.3. The monoisotopic (exact) mass is 418 g/mol. The number of amides is 1. The Bertz CT molecular complexity index is 616. The van der Waals surface area contributed by atoms with Crippen LogP contribution in [0.5, 0.6) is 0 Å². The number of carbonyl (C=O) groups excluding carboxylic acids is 2. The first-order valence-corrected chi connectivity index (χ1v) is 10.2. The van der Waals surface area contributed by atoms with Crippen LogP contribution in [0.3, 0.4) is 0 Å². The fourth-order valence-corrected chi connectivity index (χ4v) is 3.59. The summed E-state index contributed by atoms with van der Waals surface area (Å²) < 4.78 is 5.49. The smallest absolute Gasteiger partial charge is 0.286 e. The lowest BCUT2D eigenvalue weighted by molar-refractivity contribution is -0.126. The first-order valence-electron chi connectivity index (χ1n) is 9.29. The van der Waals surface area contributed by atoms with Gasteiger partial charge >= 0.3 is 0 Å². The lowest BCUT2D eigenvalue weighted by atomic mass is 9.94. The molecule has 0 bridgehead atoms. The lowest BCUT2D eigenvalue weighted by Gasteiger charge is -2.29. The number of likely N-dealkylation sites (tertiary alicyclic amines) is 1. The minimum absolute atomic E-state index is 0. The van der Waals surface area contributed by atoms with E-state index in [1.165, 1.54) is 11.8 Å². The summed E-state index contributed by atoms with van der Waals surface area (Å²) in [6.45, 7) is 9.88. The summed E-state index contributed by atoms with van der Waals surface area (Å²) in [5, 5.41) is 11.4. The minimum Gasteiger partial charge on any atom is -0.408 e. The normalized spacial score (nSPS) is 17.0. The zero-order valence-corrected chi connectivity index (χ0v) is 18.4. The Hall–Kier alpha value is -1.12. The van der Waals surface area contributed by atoms with Crippen molar-refractivity contribution < 1.29 is 14.0 Å². The second-order valence-corrected chi connectivity index (χ2v) is 9.20. The second kappa shape index (κ2) is 11.0. The van der Waals surface area contributed by atoms with Gasteiger partial charge in [-0.3, -0.25) is 9.59 Å². The topological polar surface area (TPSA) is 88.3 Å². The van der Waals surface area contributed by atoms with Gasteiger partial charge in [0.05, 0.1) is 6.04 Å². The molecule has 1 aliphatic heterocycles. The van der Waals surface area contributed by atoms with Crippen molar-refractivity contribution in [2.24, 2.45) is 11.8 Å². The molecule has 2 heterocycles. The van der Waals surface area contributed by atoms with E-state index in [0.717, 1.165) is 25.9 Å². The van der Waals surface area contributed by atoms with Crippen LogP contribution >= 0.6 is 24.2 Å². The van der Waals surface area contributed by atoms with E-state index in [-0.39, 0.29) is 47.1 Å². The number of aromatic nitrogens is 2. The molecule has 0 aromatic carbocycles. The number of thioether (sulfide) groups is 1. The molecular formula is C18H31ClN4O3S. The number of ketones is 1. The van der Waals surface area contributed by atoms with Crippen LogP contribution in [0, 0.1) is 11.8 Å². The predicted octanol–water partition coefficient (Wildman–Crippen LogP) is 3.05. The molecule has 0 aliphatic carbocycles. The van der Waals surface area contributed by atoms with Crippen LogP contribution in [0.1, 0.15) is 57.6 Å². The number of nitrogens with one attached hydrogen (secondary N) is 1. The molecule has 1 fully saturated rings. The molecule has 1 aromatic heterocycles. The lowest BCUT2D eigenvalue weighted by Crippen LogP contribution is -2.46. The van der Waals surface area contributed by atoms with Crippen LogP contribution in [0.25, 0.3) is 0 Å². The average molecular weight is 419 g/mol. The predicted molar refractivity (Wildman–Crippen MR) is 108 cm³/mol. The third-order valence-electron chi connectivity index (χ3n) is 4.38. The van der Waals surface area contributed by atoms with Crippen molar-refractivity contribution in [2.75, 3.05) is 20.1 Å². The quantitative estimate of drug-likeness (QED) is 0.512. The van der Waals surface area contributed by atoms with Gasteiger partial charge in [-0.2, -0.15) is 0 Å². The number of Topliss-reactive ketones (excluding diaryl/α,β-unsaturated/α-hetero) is 1. The third-order valence-corrected chi connectivity index (χ3v) is 5.22. The summed E-state index contributed by atoms with van der Waals surface area (Å²) in [6.07, 6.45) is 2.19. The Morgan fingerprint density at radius 3 is 2.41 bits per heavy atom. The van der Waals surface area contributed by atoms with Crippen molar-refractivity contribution in [1.82, 2.24) is 20.4 Å². The Morgan fingerprint density at radius 1 is 1.22 bits per heavy atom. The molecular weight excluding hydrogens is 388 g/mol. The number of carbonyl (C=O) groups is 2. The fourth-order valence-electron chi connectivity index (χ4n) is 2.97. The molecule has 1 saturated heterocycles. The Morgan fingerprint density at radius 2 is 1.85 bits per heavy atom. The molecule has 154 valence electrons. The number of hydrogen-bond donors (Lipinski definition) is 1. The zero-order valence-electron chi connectivity index (χ0n) is 16.7. The van der Waals surface area contributed by atoms with Gasteiger partial charge in [0.15, 0.2) is 0 Å². The summed E-state index contributed by atoms with van der Waals surface area (Å²) in [7, 11) is 2.06. The maximum Gasteiger partial charge on any atom is 0.286 e. The average Bonchev–Trinajstić information content (AvgIpc) is 3.01. The maximum atomic E-state index is 12.8. The zero-order chi connectivity index (χ0) is 19.3. The first kappa shape index (κ1) is 23.9. The number of nitrogens with zero attached hydrogens (tertiary/aromatic N) is 3. The molecule has 1 amide bonds. The van der Waals surface area contributed by atoms with Gasteiger partial charge in [-0.15, -0.1) is 22.6 Å². The molecule has 1 aromatic rings. The van der Waals surface area contributed by atoms with Crippen LogP contribution in [-0.4, -0.2) is 58.2 Å². The molecule has 1 unspecified atom stereocenters. The summed E-state index contributed by atoms with van der Waals surface area (Å²) in [4.78, 5) is 27.7. The van der Waals surface area contributed by atoms with E-state index >= 15 is 0 Å². The van der Waals surface area contributed by atoms with Gasteiger partial charge in [0, 0.05) is 11.2 Å². The highest BCUT2D eigenvalue weighted by Gasteiger charge is 2.31. The van der Waals surface area contributed by atoms with Gasteiger partial charge in [0.25, 0.3) is 11.1 Å². The molecule has 1 atom stereocenters. The molecule has 0 radical (unpaired) electrons. The number of hydrogen-bond acceptors (Lipinski definition) is 7. The highest BCUT2D eigenvalue weighted by molar-refractivity contribution is 7.99. The van der Waals surface area contributed by atoms with Crippen LogP contribution in [-0.2, 0) is 4.79 Å². The van der Waals surface area contributed by atoms with E-state index in [9.17, 15) is 9.59 Å². The number of rotatable bonds is 8. The molecule has 7 nitrogen and oxygen atoms in total. The van der Waals surface area contributed by atoms with Crippen molar-refractivity contribution in [2.45, 2.75) is 63.5 Å². The SMILES string of the molecule is CC(C)CC(NC(=O)C1CCN(C)CC1)C(=O)c1nnc(SC(C)C)o1.Cl. The maximum absolute atomic E-state index is 12.8. The molecule has 1 aliphatic rings. The van der Waals surface area contributed by atoms with E-state index in [1.807, 2.05) is 27.7 Å². The third kappa shape index (κ3) is 7.43. The van der Waals surface area contributed by atoms with Crippen LogP contribution in [0.4, 0.5) is 0 Å². The molecule has 2 rings (SSSR count). The van der Waals surface area contributed by atoms with Gasteiger partial charge in [-0.25, -0.2) is 0 Å². The van der Waals surface area contributed by atoms with Crippen molar-refractivity contribution >= 4 is 35.9 Å². The van der Waals surface area contributed by atoms with Crippen LogP contribution < -0.4 is 5.32 Å². The van der Waals surface area contributed by atoms with Gasteiger partial charge in [0.2, 0.25) is 11.7 Å². The number of halogens is 1. The van der Waals surface area contributed by atoms with E-state index in [4.69, 9.17) is 4.42 Å². The van der Waals surface area contributed by atoms with E-state index in [0.29, 0.717) is 11.6 Å². The highest BCUT2D eigenvalue weighted by Crippen LogP contribution is 2.22. The van der Waals surface area contributed by atoms with Crippen LogP contribution in [0.2, 0.25) is 0 Å². The Balaban J connectivity index is 0.00000364. The summed E-state index contributed by atoms with van der Waals surface area (Å²) in [5.74, 6) is -0.156. The Kier molecular flexibility index (Phi) is 9.76. The van der Waals surface area contributed by atoms with Gasteiger partial charge in [0.1, 0.15) is 0 Å². The van der Waals surface area contributed by atoms with E-state index < -0.39 is 6.04 Å². The van der Waals surface area contributed by atoms with Crippen molar-refractivity contribution in [3.63, 3.8) is 0 Å². The van der Waals surface area contributed by atoms with E-state index in [1.54, 1.807) is 0 Å². The summed E-state index contributed by atoms with van der Waals surface area (Å²) in [5.41, 5.74) is 0. The fraction of sp³-hybridized carbons (Fsp3) is 0.778. The standard InChI is InChI=1S/C18H30N4O3S.ClH/c1-11(2)10-14(19-16(24)13-6-8-22(5)9-7-13)15(23)17-20-21-18(25-17)26-12(3)4;/h11-14H,6-10H2,1-5H3,(H,19,24);1H. The minimum atomic E-state index is -0.625. The largest absolute Gasteiger partial charge is 0.408 e. The van der Waals surface area contributed by atoms with Gasteiger partial charge in [-0.05, 0) is 45.3 Å². The van der Waals surface area contributed by atoms with Crippen molar-refractivity contribution in [1.29, 1.82) is 0 Å². The number of piperidine rings is 1. The van der Waals surface area contributed by atoms with Gasteiger partial charge < -0.3 is 14.6 Å². The molecule has 27 heavy (non-hydrogen) atoms. The van der Waals surface area contributed by atoms with Crippen LogP contribution in [0.15, 0.2) is 9.64 Å². The second-order valence-electron chi connectivity index (χ2n) is 7.67. The Labute approximate surface area is 171 Å². The molecule has 9 heteroatoms. The summed E-state index contributed by atoms with van der Waals surface area (Å²) >= 11 is 1.41. The van der Waals surface area contributed by atoms with Crippen molar-refractivity contribution in [3.05, 3.63) is 5.89 Å². The van der Waals surface area contributed by atoms with Gasteiger partial charge in [-0.1, -0.05) is 39.5 Å². The van der Waals surface area contributed by atoms with Crippen molar-refractivity contribution in [3.8, 4) is 0 Å². The highest BCUT2D eigenvalue weighted by atomic mass is 35.5. The molecule has 0 spiro atoms.